The number of nitrogens with zero attached hydrogens (tertiary/aromatic N) is 2. The van der Waals surface area contributed by atoms with Gasteiger partial charge in [-0.3, -0.25) is 14.4 Å². The second kappa shape index (κ2) is 12.1. The Balaban J connectivity index is 1.74. The Hall–Kier alpha value is -3.96. The molecule has 2 aliphatic rings. The minimum atomic E-state index is -4.88. The number of carbonyl (C=O) groups is 3. The average molecular weight is 593 g/mol. The van der Waals surface area contributed by atoms with Crippen molar-refractivity contribution in [3.8, 4) is 0 Å². The normalized spacial score (nSPS) is 21.2. The fraction of sp³-hybridized carbons (Fsp3) is 0.433. The van der Waals surface area contributed by atoms with Crippen LogP contribution in [0.3, 0.4) is 0 Å². The molecule has 2 heterocycles. The predicted octanol–water partition coefficient (Wildman–Crippen LogP) is 5.25. The highest BCUT2D eigenvalue weighted by atomic mass is 19.4. The molecule has 1 fully saturated rings. The number of benzene rings is 2. The van der Waals surface area contributed by atoms with Crippen LogP contribution in [0.15, 0.2) is 48.5 Å². The lowest BCUT2D eigenvalue weighted by molar-refractivity contribution is -0.137. The summed E-state index contributed by atoms with van der Waals surface area (Å²) in [6.07, 6.45) is -3.41. The molecule has 0 radical (unpaired) electrons. The third-order valence-electron chi connectivity index (χ3n) is 8.02. The molecular weight excluding hydrogens is 559 g/mol. The number of nitrogens with one attached hydrogen (secondary N) is 1. The Morgan fingerprint density at radius 2 is 1.69 bits per heavy atom. The molecule has 0 spiro atoms. The van der Waals surface area contributed by atoms with Crippen LogP contribution >= 0.6 is 0 Å². The lowest BCUT2D eigenvalue weighted by Gasteiger charge is -2.26. The number of halogens is 5. The molecule has 2 aliphatic heterocycles. The maximum atomic E-state index is 15.4. The molecule has 0 aliphatic carbocycles. The summed E-state index contributed by atoms with van der Waals surface area (Å²) < 4.78 is 73.8. The van der Waals surface area contributed by atoms with E-state index in [4.69, 9.17) is 5.73 Å². The summed E-state index contributed by atoms with van der Waals surface area (Å²) in [4.78, 5) is 39.8. The average Bonchev–Trinajstić information content (AvgIpc) is 3.33. The third-order valence-corrected chi connectivity index (χ3v) is 8.02. The molecule has 1 saturated heterocycles. The predicted molar refractivity (Wildman–Crippen MR) is 149 cm³/mol. The summed E-state index contributed by atoms with van der Waals surface area (Å²) in [6.45, 7) is 4.14. The summed E-state index contributed by atoms with van der Waals surface area (Å²) in [7, 11) is 0. The lowest BCUT2D eigenvalue weighted by Crippen LogP contribution is -2.35. The number of amides is 3. The maximum absolute atomic E-state index is 15.4. The maximum Gasteiger partial charge on any atom is 0.417 e. The van der Waals surface area contributed by atoms with Gasteiger partial charge in [0.15, 0.2) is 0 Å². The smallest absolute Gasteiger partial charge is 0.371 e. The third kappa shape index (κ3) is 6.42. The van der Waals surface area contributed by atoms with Gasteiger partial charge in [0.05, 0.1) is 23.4 Å². The molecule has 226 valence electrons. The summed E-state index contributed by atoms with van der Waals surface area (Å²) in [5, 5.41) is 2.11. The molecule has 12 heteroatoms. The van der Waals surface area contributed by atoms with Crippen molar-refractivity contribution in [2.75, 3.05) is 36.0 Å². The zero-order chi connectivity index (χ0) is 30.8. The van der Waals surface area contributed by atoms with E-state index in [1.165, 1.54) is 30.3 Å². The Labute approximate surface area is 240 Å². The van der Waals surface area contributed by atoms with Gasteiger partial charge in [0.25, 0.3) is 11.8 Å². The van der Waals surface area contributed by atoms with Crippen LogP contribution in [0.2, 0.25) is 0 Å². The summed E-state index contributed by atoms with van der Waals surface area (Å²) in [6, 6.07) is 9.02. The second-order valence-corrected chi connectivity index (χ2v) is 10.6. The van der Waals surface area contributed by atoms with Crippen LogP contribution in [0.5, 0.6) is 0 Å². The molecule has 0 saturated carbocycles. The fourth-order valence-corrected chi connectivity index (χ4v) is 5.76. The monoisotopic (exact) mass is 592 g/mol. The quantitative estimate of drug-likeness (QED) is 0.339. The zero-order valence-electron chi connectivity index (χ0n) is 23.3. The van der Waals surface area contributed by atoms with Crippen molar-refractivity contribution in [2.45, 2.75) is 45.2 Å². The molecule has 2 aromatic rings. The molecule has 3 amide bonds. The number of hydrogen-bond acceptors (Lipinski definition) is 4. The first kappa shape index (κ1) is 31.0. The van der Waals surface area contributed by atoms with Gasteiger partial charge in [-0.25, -0.2) is 8.78 Å². The number of nitrogens with two attached hydrogens (primary N) is 1. The molecule has 0 bridgehead atoms. The van der Waals surface area contributed by atoms with Gasteiger partial charge < -0.3 is 20.9 Å². The molecule has 2 unspecified atom stereocenters. The number of alkyl halides is 5. The fourth-order valence-electron chi connectivity index (χ4n) is 5.76. The van der Waals surface area contributed by atoms with Crippen molar-refractivity contribution < 1.29 is 36.3 Å². The number of primary amides is 1. The van der Waals surface area contributed by atoms with Crippen LogP contribution in [0, 0.1) is 11.8 Å². The van der Waals surface area contributed by atoms with Gasteiger partial charge in [-0.05, 0) is 36.1 Å². The topological polar surface area (TPSA) is 95.7 Å². The minimum absolute atomic E-state index is 0.0676. The summed E-state index contributed by atoms with van der Waals surface area (Å²) in [5.41, 5.74) is 2.55. The van der Waals surface area contributed by atoms with E-state index in [0.29, 0.717) is 36.7 Å². The van der Waals surface area contributed by atoms with Gasteiger partial charge in [0, 0.05) is 49.0 Å². The van der Waals surface area contributed by atoms with Gasteiger partial charge in [0.2, 0.25) is 11.8 Å². The summed E-state index contributed by atoms with van der Waals surface area (Å²) >= 11 is 0. The van der Waals surface area contributed by atoms with Crippen molar-refractivity contribution in [3.63, 3.8) is 0 Å². The Morgan fingerprint density at radius 3 is 2.29 bits per heavy atom. The van der Waals surface area contributed by atoms with E-state index in [2.05, 4.69) is 19.2 Å². The number of fused-ring (bicyclic) bond motifs is 1. The van der Waals surface area contributed by atoms with Crippen LogP contribution in [0.1, 0.15) is 54.6 Å². The Kier molecular flexibility index (Phi) is 8.93. The van der Waals surface area contributed by atoms with Crippen LogP contribution in [-0.4, -0.2) is 49.8 Å². The zero-order valence-corrected chi connectivity index (χ0v) is 23.3. The van der Waals surface area contributed by atoms with Gasteiger partial charge >= 0.3 is 6.18 Å². The highest BCUT2D eigenvalue weighted by molar-refractivity contribution is 6.10. The molecule has 42 heavy (non-hydrogen) atoms. The first-order valence-corrected chi connectivity index (χ1v) is 13.8. The van der Waals surface area contributed by atoms with Gasteiger partial charge in [-0.1, -0.05) is 44.9 Å². The SMILES string of the molecule is CCC1CN(c2ccc(C(=O)N3CCC(F)(F)/C(=C\C(=O)NCC(N)=O)c4ccccc43)c(C(F)(F)F)c2)CC1CC. The highest BCUT2D eigenvalue weighted by Gasteiger charge is 2.43. The van der Waals surface area contributed by atoms with Crippen LogP contribution in [-0.2, 0) is 15.8 Å². The van der Waals surface area contributed by atoms with Crippen LogP contribution in [0.4, 0.5) is 33.3 Å². The highest BCUT2D eigenvalue weighted by Crippen LogP contribution is 2.44. The molecule has 3 N–H and O–H groups in total. The van der Waals surface area contributed by atoms with E-state index >= 15 is 8.78 Å². The Bertz CT molecular complexity index is 1380. The molecule has 7 nitrogen and oxygen atoms in total. The van der Waals surface area contributed by atoms with Crippen molar-refractivity contribution in [1.29, 1.82) is 0 Å². The number of carbonyl (C=O) groups excluding carboxylic acids is 3. The lowest BCUT2D eigenvalue weighted by atomic mass is 9.92. The van der Waals surface area contributed by atoms with E-state index in [9.17, 15) is 27.6 Å². The number of rotatable bonds is 7. The van der Waals surface area contributed by atoms with E-state index in [-0.39, 0.29) is 11.3 Å². The van der Waals surface area contributed by atoms with Crippen LogP contribution in [0.25, 0.3) is 5.57 Å². The first-order chi connectivity index (χ1) is 19.8. The molecular formula is C30H33F5N4O3. The van der Waals surface area contributed by atoms with E-state index in [1.54, 1.807) is 0 Å². The molecule has 2 atom stereocenters. The number of para-hydroxylation sites is 1. The molecule has 4 rings (SSSR count). The summed E-state index contributed by atoms with van der Waals surface area (Å²) in [5.74, 6) is -5.89. The standard InChI is InChI=1S/C30H33F5N4O3/c1-3-18-16-38(17-19(18)4-2)20-9-10-22(24(13-20)30(33,34)35)28(42)39-12-11-29(31,32)23(14-27(41)37-15-26(36)40)21-7-5-6-8-25(21)39/h5-10,13-14,18-19H,3-4,11-12,15-17H2,1-2H3,(H2,36,40)(H,37,41)/b23-14-. The van der Waals surface area contributed by atoms with E-state index in [1.807, 2.05) is 4.90 Å². The molecule has 0 aromatic heterocycles. The van der Waals surface area contributed by atoms with Crippen molar-refractivity contribution in [3.05, 3.63) is 65.2 Å². The van der Waals surface area contributed by atoms with Crippen molar-refractivity contribution in [1.82, 2.24) is 5.32 Å². The van der Waals surface area contributed by atoms with Gasteiger partial charge in [-0.15, -0.1) is 0 Å². The van der Waals surface area contributed by atoms with Gasteiger partial charge in [0.1, 0.15) is 0 Å². The van der Waals surface area contributed by atoms with E-state index in [0.717, 1.165) is 29.9 Å². The van der Waals surface area contributed by atoms with E-state index < -0.39 is 66.0 Å². The van der Waals surface area contributed by atoms with Gasteiger partial charge in [-0.2, -0.15) is 13.2 Å². The number of anilines is 2. The largest absolute Gasteiger partial charge is 0.417 e. The van der Waals surface area contributed by atoms with Crippen molar-refractivity contribution >= 4 is 34.7 Å². The molecule has 2 aromatic carbocycles. The van der Waals surface area contributed by atoms with Crippen LogP contribution < -0.4 is 20.9 Å². The number of allylic oxidation sites excluding steroid dienone is 1. The van der Waals surface area contributed by atoms with Crippen molar-refractivity contribution in [2.24, 2.45) is 17.6 Å². The second-order valence-electron chi connectivity index (χ2n) is 10.6. The first-order valence-electron chi connectivity index (χ1n) is 13.8. The Morgan fingerprint density at radius 1 is 1.05 bits per heavy atom. The number of hydrogen-bond donors (Lipinski definition) is 2. The minimum Gasteiger partial charge on any atom is -0.371 e.